The molecule has 0 spiro atoms. The second kappa shape index (κ2) is 6.55. The number of hydrogen-bond donors (Lipinski definition) is 2. The van der Waals surface area contributed by atoms with E-state index >= 15 is 0 Å². The number of benzene rings is 2. The van der Waals surface area contributed by atoms with Crippen LogP contribution in [0.25, 0.3) is 16.5 Å². The lowest BCUT2D eigenvalue weighted by atomic mass is 9.91. The predicted molar refractivity (Wildman–Crippen MR) is 102 cm³/mol. The van der Waals surface area contributed by atoms with Crippen LogP contribution in [0.4, 0.5) is 0 Å². The summed E-state index contributed by atoms with van der Waals surface area (Å²) >= 11 is 0. The van der Waals surface area contributed by atoms with E-state index < -0.39 is 35.6 Å². The normalized spacial score (nSPS) is 18.5. The van der Waals surface area contributed by atoms with Crippen LogP contribution in [-0.2, 0) is 9.59 Å². The van der Waals surface area contributed by atoms with Crippen molar-refractivity contribution in [1.82, 2.24) is 25.2 Å². The Morgan fingerprint density at radius 2 is 1.87 bits per heavy atom. The van der Waals surface area contributed by atoms with Crippen LogP contribution in [0, 0.1) is 0 Å². The molecular formula is C20H13N5O6. The van der Waals surface area contributed by atoms with Gasteiger partial charge in [-0.05, 0) is 30.0 Å². The number of nitrogens with zero attached hydrogens (tertiary/aromatic N) is 4. The zero-order valence-electron chi connectivity index (χ0n) is 15.7. The molecular weight excluding hydrogens is 406 g/mol. The van der Waals surface area contributed by atoms with Gasteiger partial charge in [-0.3, -0.25) is 29.4 Å². The molecule has 3 heterocycles. The third-order valence-corrected chi connectivity index (χ3v) is 5.36. The fraction of sp³-hybridized carbons (Fsp3) is 0.150. The lowest BCUT2D eigenvalue weighted by molar-refractivity contribution is -0.136. The van der Waals surface area contributed by atoms with Gasteiger partial charge in [-0.15, -0.1) is 5.10 Å². The Morgan fingerprint density at radius 1 is 1.10 bits per heavy atom. The van der Waals surface area contributed by atoms with Crippen molar-refractivity contribution in [1.29, 1.82) is 0 Å². The van der Waals surface area contributed by atoms with Gasteiger partial charge in [0, 0.05) is 17.4 Å². The fourth-order valence-electron chi connectivity index (χ4n) is 3.94. The lowest BCUT2D eigenvalue weighted by Gasteiger charge is -2.34. The molecule has 154 valence electrons. The van der Waals surface area contributed by atoms with E-state index in [4.69, 9.17) is 5.11 Å². The third-order valence-electron chi connectivity index (χ3n) is 5.36. The van der Waals surface area contributed by atoms with Crippen molar-refractivity contribution in [3.8, 4) is 5.69 Å². The van der Waals surface area contributed by atoms with Crippen LogP contribution in [0.5, 0.6) is 0 Å². The van der Waals surface area contributed by atoms with Crippen LogP contribution in [0.15, 0.2) is 36.5 Å². The highest BCUT2D eigenvalue weighted by atomic mass is 16.4. The van der Waals surface area contributed by atoms with E-state index in [1.807, 2.05) is 0 Å². The minimum absolute atomic E-state index is 0.0154. The molecule has 5 rings (SSSR count). The van der Waals surface area contributed by atoms with E-state index in [-0.39, 0.29) is 29.7 Å². The van der Waals surface area contributed by atoms with Gasteiger partial charge in [0.05, 0.1) is 17.4 Å². The number of aromatic carboxylic acids is 1. The molecule has 4 amide bonds. The van der Waals surface area contributed by atoms with Crippen LogP contribution in [0.3, 0.4) is 0 Å². The molecule has 1 fully saturated rings. The molecule has 2 aromatic carbocycles. The van der Waals surface area contributed by atoms with Crippen molar-refractivity contribution < 1.29 is 29.1 Å². The summed E-state index contributed by atoms with van der Waals surface area (Å²) in [6.07, 6.45) is 1.26. The summed E-state index contributed by atoms with van der Waals surface area (Å²) in [7, 11) is 0. The molecule has 0 radical (unpaired) electrons. The molecule has 0 aliphatic carbocycles. The largest absolute Gasteiger partial charge is 0.476 e. The topological polar surface area (TPSA) is 152 Å². The number of carbonyl (C=O) groups excluding carboxylic acids is 4. The highest BCUT2D eigenvalue weighted by Gasteiger charge is 2.42. The van der Waals surface area contributed by atoms with Crippen LogP contribution >= 0.6 is 0 Å². The molecule has 2 aliphatic heterocycles. The molecule has 0 saturated carbocycles. The molecule has 0 bridgehead atoms. The quantitative estimate of drug-likeness (QED) is 0.583. The number of carbonyl (C=O) groups is 5. The summed E-state index contributed by atoms with van der Waals surface area (Å²) in [6, 6.07) is 6.95. The summed E-state index contributed by atoms with van der Waals surface area (Å²) in [4.78, 5) is 62.3. The van der Waals surface area contributed by atoms with Gasteiger partial charge in [0.15, 0.2) is 5.69 Å². The monoisotopic (exact) mass is 419 g/mol. The van der Waals surface area contributed by atoms with Crippen LogP contribution in [0.1, 0.15) is 44.0 Å². The number of amides is 4. The second-order valence-electron chi connectivity index (χ2n) is 7.20. The Morgan fingerprint density at radius 3 is 2.58 bits per heavy atom. The number of rotatable bonds is 3. The van der Waals surface area contributed by atoms with Crippen molar-refractivity contribution in [2.45, 2.75) is 18.9 Å². The van der Waals surface area contributed by atoms with Gasteiger partial charge in [0.1, 0.15) is 6.04 Å². The van der Waals surface area contributed by atoms with E-state index in [0.717, 1.165) is 4.90 Å². The Balaban J connectivity index is 1.66. The molecule has 1 saturated heterocycles. The van der Waals surface area contributed by atoms with Crippen molar-refractivity contribution in [2.75, 3.05) is 0 Å². The first kappa shape index (κ1) is 18.6. The van der Waals surface area contributed by atoms with Gasteiger partial charge in [0.25, 0.3) is 11.8 Å². The first-order chi connectivity index (χ1) is 14.8. The molecule has 1 aromatic heterocycles. The van der Waals surface area contributed by atoms with Crippen molar-refractivity contribution >= 4 is 40.4 Å². The zero-order valence-corrected chi connectivity index (χ0v) is 15.7. The number of nitrogens with one attached hydrogen (secondary N) is 1. The van der Waals surface area contributed by atoms with Gasteiger partial charge < -0.3 is 5.11 Å². The van der Waals surface area contributed by atoms with Crippen molar-refractivity contribution in [3.63, 3.8) is 0 Å². The highest BCUT2D eigenvalue weighted by Crippen LogP contribution is 2.34. The molecule has 1 unspecified atom stereocenters. The number of imide groups is 2. The van der Waals surface area contributed by atoms with Crippen LogP contribution < -0.4 is 5.32 Å². The summed E-state index contributed by atoms with van der Waals surface area (Å²) in [5.74, 6) is -3.69. The Hall–Kier alpha value is -4.41. The van der Waals surface area contributed by atoms with Crippen molar-refractivity contribution in [2.24, 2.45) is 0 Å². The third kappa shape index (κ3) is 2.78. The average Bonchev–Trinajstić information content (AvgIpc) is 3.24. The fourth-order valence-corrected chi connectivity index (χ4v) is 3.94. The van der Waals surface area contributed by atoms with Crippen molar-refractivity contribution in [3.05, 3.63) is 53.3 Å². The number of carboxylic acids is 1. The smallest absolute Gasteiger partial charge is 0.358 e. The van der Waals surface area contributed by atoms with E-state index in [9.17, 15) is 24.0 Å². The number of piperidine rings is 1. The number of hydrogen-bond acceptors (Lipinski definition) is 7. The number of aromatic nitrogens is 3. The molecule has 11 heteroatoms. The highest BCUT2D eigenvalue weighted by molar-refractivity contribution is 6.27. The summed E-state index contributed by atoms with van der Waals surface area (Å²) in [5, 5.41) is 19.6. The molecule has 3 aromatic rings. The zero-order chi connectivity index (χ0) is 21.9. The maximum Gasteiger partial charge on any atom is 0.358 e. The van der Waals surface area contributed by atoms with E-state index in [2.05, 4.69) is 15.6 Å². The lowest BCUT2D eigenvalue weighted by Crippen LogP contribution is -2.57. The predicted octanol–water partition coefficient (Wildman–Crippen LogP) is 0.520. The minimum atomic E-state index is -1.25. The first-order valence-corrected chi connectivity index (χ1v) is 9.29. The average molecular weight is 419 g/mol. The van der Waals surface area contributed by atoms with E-state index in [1.54, 1.807) is 24.3 Å². The summed E-state index contributed by atoms with van der Waals surface area (Å²) in [5.41, 5.74) is 0.521. The first-order valence-electron chi connectivity index (χ1n) is 9.29. The van der Waals surface area contributed by atoms with Gasteiger partial charge in [-0.1, -0.05) is 17.3 Å². The molecule has 11 nitrogen and oxygen atoms in total. The van der Waals surface area contributed by atoms with Gasteiger partial charge >= 0.3 is 5.97 Å². The number of carboxylic acid groups (broad SMARTS) is 1. The summed E-state index contributed by atoms with van der Waals surface area (Å²) < 4.78 is 1.21. The van der Waals surface area contributed by atoms with Gasteiger partial charge in [-0.2, -0.15) is 0 Å². The standard InChI is InChI=1S/C20H13N5O6/c26-15-5-4-14(17(27)21-15)25-18(28)11-3-1-2-9-6-10(7-12(16(9)11)19(25)29)24-8-13(20(30)31)22-23-24/h1-3,6-8,14H,4-5H2,(H,30,31)(H,21,26,27). The molecule has 2 N–H and O–H groups in total. The second-order valence-corrected chi connectivity index (χ2v) is 7.20. The Labute approximate surface area is 173 Å². The Kier molecular flexibility index (Phi) is 3.93. The van der Waals surface area contributed by atoms with Crippen LogP contribution in [-0.4, -0.2) is 60.6 Å². The van der Waals surface area contributed by atoms with Gasteiger partial charge in [-0.25, -0.2) is 9.48 Å². The Bertz CT molecular complexity index is 1340. The van der Waals surface area contributed by atoms with Gasteiger partial charge in [0.2, 0.25) is 11.8 Å². The molecule has 2 aliphatic rings. The van der Waals surface area contributed by atoms with E-state index in [0.29, 0.717) is 16.5 Å². The van der Waals surface area contributed by atoms with Crippen LogP contribution in [0.2, 0.25) is 0 Å². The maximum atomic E-state index is 13.3. The molecule has 31 heavy (non-hydrogen) atoms. The van der Waals surface area contributed by atoms with E-state index in [1.165, 1.54) is 16.9 Å². The summed E-state index contributed by atoms with van der Waals surface area (Å²) in [6.45, 7) is 0. The SMILES string of the molecule is O=C1CCC(N2C(=O)c3cccc4cc(-n5cc(C(=O)O)nn5)cc(c34)C2=O)C(=O)N1. The maximum absolute atomic E-state index is 13.3. The minimum Gasteiger partial charge on any atom is -0.476 e. The molecule has 1 atom stereocenters.